The molecule has 2 heterocycles. The first kappa shape index (κ1) is 10.4. The minimum absolute atomic E-state index is 0.464. The lowest BCUT2D eigenvalue weighted by atomic mass is 10.1. The van der Waals surface area contributed by atoms with Crippen LogP contribution in [-0.2, 0) is 0 Å². The summed E-state index contributed by atoms with van der Waals surface area (Å²) in [6, 6.07) is 4.07. The van der Waals surface area contributed by atoms with Crippen LogP contribution in [0.1, 0.15) is 25.5 Å². The highest BCUT2D eigenvalue weighted by molar-refractivity contribution is 9.10. The number of hydrogen-bond donors (Lipinski definition) is 1. The molecule has 1 N–H and O–H groups in total. The fourth-order valence-electron chi connectivity index (χ4n) is 1.33. The average molecular weight is 266 g/mol. The van der Waals surface area contributed by atoms with Gasteiger partial charge in [-0.2, -0.15) is 5.10 Å². The Morgan fingerprint density at radius 2 is 2.07 bits per heavy atom. The Kier molecular flexibility index (Phi) is 2.86. The third-order valence-corrected chi connectivity index (χ3v) is 2.65. The predicted molar refractivity (Wildman–Crippen MR) is 63.6 cm³/mol. The zero-order chi connectivity index (χ0) is 10.8. The zero-order valence-corrected chi connectivity index (χ0v) is 10.2. The molecule has 78 valence electrons. The van der Waals surface area contributed by atoms with Gasteiger partial charge in [-0.05, 0) is 34.0 Å². The molecule has 15 heavy (non-hydrogen) atoms. The first-order valence-corrected chi connectivity index (χ1v) is 5.62. The predicted octanol–water partition coefficient (Wildman–Crippen LogP) is 3.36. The van der Waals surface area contributed by atoms with Crippen molar-refractivity contribution in [3.05, 3.63) is 34.7 Å². The van der Waals surface area contributed by atoms with Crippen LogP contribution in [0.25, 0.3) is 11.3 Å². The van der Waals surface area contributed by atoms with Crippen molar-refractivity contribution in [3.63, 3.8) is 0 Å². The fraction of sp³-hybridized carbons (Fsp3) is 0.273. The molecule has 0 atom stereocenters. The highest BCUT2D eigenvalue weighted by atomic mass is 79.9. The third kappa shape index (κ3) is 2.26. The van der Waals surface area contributed by atoms with Crippen molar-refractivity contribution in [2.45, 2.75) is 19.8 Å². The normalized spacial score (nSPS) is 10.9. The molecule has 4 heteroatoms. The summed E-state index contributed by atoms with van der Waals surface area (Å²) in [6.07, 6.45) is 3.57. The van der Waals surface area contributed by atoms with Gasteiger partial charge in [0.05, 0.1) is 5.69 Å². The Morgan fingerprint density at radius 3 is 2.67 bits per heavy atom. The minimum atomic E-state index is 0.464. The van der Waals surface area contributed by atoms with Crippen molar-refractivity contribution >= 4 is 15.9 Å². The summed E-state index contributed by atoms with van der Waals surface area (Å²) in [7, 11) is 0. The van der Waals surface area contributed by atoms with Crippen LogP contribution < -0.4 is 0 Å². The van der Waals surface area contributed by atoms with Gasteiger partial charge in [-0.1, -0.05) is 13.8 Å². The molecule has 2 rings (SSSR count). The smallest absolute Gasteiger partial charge is 0.0939 e. The first-order chi connectivity index (χ1) is 7.16. The van der Waals surface area contributed by atoms with Gasteiger partial charge in [0, 0.05) is 28.1 Å². The number of nitrogens with one attached hydrogen (secondary N) is 1. The van der Waals surface area contributed by atoms with E-state index in [0.29, 0.717) is 5.92 Å². The van der Waals surface area contributed by atoms with Crippen LogP contribution in [0.15, 0.2) is 29.0 Å². The lowest BCUT2D eigenvalue weighted by Crippen LogP contribution is -1.85. The molecular formula is C11H12BrN3. The van der Waals surface area contributed by atoms with Gasteiger partial charge in [0.1, 0.15) is 0 Å². The highest BCUT2D eigenvalue weighted by Gasteiger charge is 2.06. The van der Waals surface area contributed by atoms with Crippen molar-refractivity contribution in [1.82, 2.24) is 15.2 Å². The lowest BCUT2D eigenvalue weighted by molar-refractivity contribution is 0.811. The number of rotatable bonds is 2. The van der Waals surface area contributed by atoms with Crippen LogP contribution in [-0.4, -0.2) is 15.2 Å². The van der Waals surface area contributed by atoms with Gasteiger partial charge >= 0.3 is 0 Å². The SMILES string of the molecule is CC(C)c1cc(-c2cncc(Br)c2)n[nH]1. The second-order valence-corrected chi connectivity index (χ2v) is 4.67. The summed E-state index contributed by atoms with van der Waals surface area (Å²) in [5, 5.41) is 7.29. The molecule has 0 aliphatic heterocycles. The van der Waals surface area contributed by atoms with Crippen molar-refractivity contribution in [1.29, 1.82) is 0 Å². The number of aromatic amines is 1. The number of hydrogen-bond acceptors (Lipinski definition) is 2. The number of H-pyrrole nitrogens is 1. The second-order valence-electron chi connectivity index (χ2n) is 3.76. The van der Waals surface area contributed by atoms with Crippen LogP contribution in [0.2, 0.25) is 0 Å². The van der Waals surface area contributed by atoms with E-state index in [0.717, 1.165) is 21.4 Å². The lowest BCUT2D eigenvalue weighted by Gasteiger charge is -1.97. The first-order valence-electron chi connectivity index (χ1n) is 4.83. The zero-order valence-electron chi connectivity index (χ0n) is 8.66. The van der Waals surface area contributed by atoms with Crippen molar-refractivity contribution in [2.75, 3.05) is 0 Å². The van der Waals surface area contributed by atoms with Crippen LogP contribution >= 0.6 is 15.9 Å². The van der Waals surface area contributed by atoms with Crippen LogP contribution in [0.5, 0.6) is 0 Å². The van der Waals surface area contributed by atoms with Gasteiger partial charge in [0.15, 0.2) is 0 Å². The van der Waals surface area contributed by atoms with Gasteiger partial charge in [-0.3, -0.25) is 10.1 Å². The van der Waals surface area contributed by atoms with Gasteiger partial charge < -0.3 is 0 Å². The molecule has 2 aromatic heterocycles. The largest absolute Gasteiger partial charge is 0.282 e. The molecule has 0 fully saturated rings. The summed E-state index contributed by atoms with van der Waals surface area (Å²) in [4.78, 5) is 4.11. The van der Waals surface area contributed by atoms with E-state index >= 15 is 0 Å². The standard InChI is InChI=1S/C11H12BrN3/c1-7(2)10-4-11(15-14-10)8-3-9(12)6-13-5-8/h3-7H,1-2H3,(H,14,15). The molecule has 0 saturated heterocycles. The molecule has 2 aromatic rings. The number of nitrogens with zero attached hydrogens (tertiary/aromatic N) is 2. The van der Waals surface area contributed by atoms with Crippen molar-refractivity contribution in [3.8, 4) is 11.3 Å². The molecule has 0 aliphatic rings. The van der Waals surface area contributed by atoms with Crippen LogP contribution in [0, 0.1) is 0 Å². The second kappa shape index (κ2) is 4.14. The number of halogens is 1. The minimum Gasteiger partial charge on any atom is -0.282 e. The van der Waals surface area contributed by atoms with E-state index in [1.807, 2.05) is 12.3 Å². The van der Waals surface area contributed by atoms with E-state index in [1.165, 1.54) is 0 Å². The maximum Gasteiger partial charge on any atom is 0.0939 e. The van der Waals surface area contributed by atoms with Gasteiger partial charge in [-0.25, -0.2) is 0 Å². The Balaban J connectivity index is 2.37. The molecular weight excluding hydrogens is 254 g/mol. The van der Waals surface area contributed by atoms with E-state index in [9.17, 15) is 0 Å². The quantitative estimate of drug-likeness (QED) is 0.905. The molecule has 0 unspecified atom stereocenters. The van der Waals surface area contributed by atoms with E-state index in [2.05, 4.69) is 51.0 Å². The average Bonchev–Trinajstić information content (AvgIpc) is 2.66. The van der Waals surface area contributed by atoms with Crippen molar-refractivity contribution < 1.29 is 0 Å². The maximum atomic E-state index is 4.26. The molecule has 0 spiro atoms. The summed E-state index contributed by atoms with van der Waals surface area (Å²) < 4.78 is 0.967. The molecule has 0 saturated carbocycles. The fourth-order valence-corrected chi connectivity index (χ4v) is 1.70. The summed E-state index contributed by atoms with van der Waals surface area (Å²) >= 11 is 3.39. The Hall–Kier alpha value is -1.16. The van der Waals surface area contributed by atoms with Gasteiger partial charge in [0.2, 0.25) is 0 Å². The Labute approximate surface area is 97.1 Å². The molecule has 0 amide bonds. The summed E-state index contributed by atoms with van der Waals surface area (Å²) in [6.45, 7) is 4.27. The molecule has 0 aromatic carbocycles. The Morgan fingerprint density at radius 1 is 1.27 bits per heavy atom. The van der Waals surface area contributed by atoms with E-state index in [-0.39, 0.29) is 0 Å². The maximum absolute atomic E-state index is 4.26. The van der Waals surface area contributed by atoms with Crippen molar-refractivity contribution in [2.24, 2.45) is 0 Å². The van der Waals surface area contributed by atoms with E-state index < -0.39 is 0 Å². The van der Waals surface area contributed by atoms with E-state index in [1.54, 1.807) is 6.20 Å². The highest BCUT2D eigenvalue weighted by Crippen LogP contribution is 2.22. The monoisotopic (exact) mass is 265 g/mol. The molecule has 0 radical (unpaired) electrons. The molecule has 0 bridgehead atoms. The summed E-state index contributed by atoms with van der Waals surface area (Å²) in [5.41, 5.74) is 3.10. The number of aromatic nitrogens is 3. The van der Waals surface area contributed by atoms with Crippen LogP contribution in [0.4, 0.5) is 0 Å². The topological polar surface area (TPSA) is 41.6 Å². The van der Waals surface area contributed by atoms with Gasteiger partial charge in [0.25, 0.3) is 0 Å². The van der Waals surface area contributed by atoms with Crippen LogP contribution in [0.3, 0.4) is 0 Å². The van der Waals surface area contributed by atoms with E-state index in [4.69, 9.17) is 0 Å². The van der Waals surface area contributed by atoms with Gasteiger partial charge in [-0.15, -0.1) is 0 Å². The summed E-state index contributed by atoms with van der Waals surface area (Å²) in [5.74, 6) is 0.464. The molecule has 0 aliphatic carbocycles. The Bertz CT molecular complexity index is 462. The molecule has 3 nitrogen and oxygen atoms in total. The third-order valence-electron chi connectivity index (χ3n) is 2.22. The number of pyridine rings is 1.